The van der Waals surface area contributed by atoms with Crippen molar-refractivity contribution in [1.29, 1.82) is 0 Å². The molecule has 1 aromatic carbocycles. The van der Waals surface area contributed by atoms with E-state index in [1.165, 1.54) is 25.6 Å². The molecule has 7 nitrogen and oxygen atoms in total. The number of aromatic nitrogens is 2. The molecule has 3 rings (SSSR count). The molecule has 0 spiro atoms. The third kappa shape index (κ3) is 4.12. The third-order valence-electron chi connectivity index (χ3n) is 4.92. The fourth-order valence-corrected chi connectivity index (χ4v) is 3.43. The first-order valence-electron chi connectivity index (χ1n) is 8.85. The van der Waals surface area contributed by atoms with Gasteiger partial charge in [-0.2, -0.15) is 13.2 Å². The van der Waals surface area contributed by atoms with Gasteiger partial charge in [-0.3, -0.25) is 4.90 Å². The minimum atomic E-state index is -4.35. The standard InChI is InChI=1S/C18H23F3N6O/c1-28-15-16(23)24-11-25-17(15)27-8-6-26(7-9-27)14(10-22)12-2-4-13(5-3-12)18(19,20)21/h2-5,11,14H,6-10,22H2,1H3,(H2,23,24,25). The number of benzene rings is 1. The van der Waals surface area contributed by atoms with E-state index in [0.717, 1.165) is 17.7 Å². The predicted molar refractivity (Wildman–Crippen MR) is 100 cm³/mol. The van der Waals surface area contributed by atoms with Crippen LogP contribution in [0.15, 0.2) is 30.6 Å². The van der Waals surface area contributed by atoms with E-state index in [-0.39, 0.29) is 11.9 Å². The van der Waals surface area contributed by atoms with Crippen LogP contribution in [0.25, 0.3) is 0 Å². The van der Waals surface area contributed by atoms with E-state index in [1.807, 2.05) is 4.90 Å². The molecule has 0 radical (unpaired) electrons. The van der Waals surface area contributed by atoms with Gasteiger partial charge < -0.3 is 21.1 Å². The Morgan fingerprint density at radius 2 is 1.75 bits per heavy atom. The molecule has 1 atom stereocenters. The van der Waals surface area contributed by atoms with Gasteiger partial charge in [0.05, 0.1) is 12.7 Å². The molecule has 28 heavy (non-hydrogen) atoms. The molecule has 152 valence electrons. The number of methoxy groups -OCH3 is 1. The number of anilines is 2. The Hall–Kier alpha value is -2.59. The molecule has 1 aliphatic heterocycles. The van der Waals surface area contributed by atoms with Crippen molar-refractivity contribution in [2.75, 3.05) is 50.5 Å². The zero-order valence-electron chi connectivity index (χ0n) is 15.5. The van der Waals surface area contributed by atoms with Crippen LogP contribution in [0.2, 0.25) is 0 Å². The van der Waals surface area contributed by atoms with Crippen LogP contribution in [0, 0.1) is 0 Å². The van der Waals surface area contributed by atoms with Gasteiger partial charge in [0, 0.05) is 38.8 Å². The molecule has 1 unspecified atom stereocenters. The van der Waals surface area contributed by atoms with Crippen LogP contribution in [0.3, 0.4) is 0 Å². The SMILES string of the molecule is COc1c(N)ncnc1N1CCN(C(CN)c2ccc(C(F)(F)F)cc2)CC1. The molecule has 1 fully saturated rings. The van der Waals surface area contributed by atoms with E-state index in [4.69, 9.17) is 16.2 Å². The largest absolute Gasteiger partial charge is 0.490 e. The Kier molecular flexibility index (Phi) is 5.90. The van der Waals surface area contributed by atoms with Gasteiger partial charge in [0.25, 0.3) is 0 Å². The van der Waals surface area contributed by atoms with Crippen molar-refractivity contribution < 1.29 is 17.9 Å². The van der Waals surface area contributed by atoms with E-state index >= 15 is 0 Å². The van der Waals surface area contributed by atoms with Crippen LogP contribution >= 0.6 is 0 Å². The Balaban J connectivity index is 1.70. The number of halogens is 3. The highest BCUT2D eigenvalue weighted by Crippen LogP contribution is 2.33. The summed E-state index contributed by atoms with van der Waals surface area (Å²) in [4.78, 5) is 12.4. The smallest absolute Gasteiger partial charge is 0.416 e. The zero-order valence-corrected chi connectivity index (χ0v) is 15.5. The van der Waals surface area contributed by atoms with Crippen molar-refractivity contribution in [3.8, 4) is 5.75 Å². The minimum Gasteiger partial charge on any atom is -0.490 e. The second-order valence-corrected chi connectivity index (χ2v) is 6.51. The van der Waals surface area contributed by atoms with E-state index in [0.29, 0.717) is 44.3 Å². The lowest BCUT2D eigenvalue weighted by molar-refractivity contribution is -0.137. The second-order valence-electron chi connectivity index (χ2n) is 6.51. The topological polar surface area (TPSA) is 93.5 Å². The summed E-state index contributed by atoms with van der Waals surface area (Å²) in [6, 6.07) is 5.05. The molecule has 1 aromatic heterocycles. The van der Waals surface area contributed by atoms with E-state index in [1.54, 1.807) is 0 Å². The Labute approximate surface area is 161 Å². The molecule has 0 amide bonds. The van der Waals surface area contributed by atoms with Gasteiger partial charge in [0.2, 0.25) is 5.75 Å². The fraction of sp³-hybridized carbons (Fsp3) is 0.444. The molecule has 0 aliphatic carbocycles. The highest BCUT2D eigenvalue weighted by atomic mass is 19.4. The Bertz CT molecular complexity index is 791. The van der Waals surface area contributed by atoms with Gasteiger partial charge >= 0.3 is 6.18 Å². The van der Waals surface area contributed by atoms with Crippen LogP contribution in [0.4, 0.5) is 24.8 Å². The summed E-state index contributed by atoms with van der Waals surface area (Å²) in [5.74, 6) is 1.35. The van der Waals surface area contributed by atoms with Gasteiger partial charge in [-0.1, -0.05) is 12.1 Å². The average molecular weight is 396 g/mol. The summed E-state index contributed by atoms with van der Waals surface area (Å²) in [6.07, 6.45) is -2.95. The lowest BCUT2D eigenvalue weighted by Crippen LogP contribution is -2.49. The van der Waals surface area contributed by atoms with Crippen LogP contribution in [-0.2, 0) is 6.18 Å². The number of nitrogens with two attached hydrogens (primary N) is 2. The maximum atomic E-state index is 12.8. The molecule has 2 heterocycles. The molecule has 1 aliphatic rings. The minimum absolute atomic E-state index is 0.151. The number of piperazine rings is 1. The van der Waals surface area contributed by atoms with Crippen molar-refractivity contribution in [2.45, 2.75) is 12.2 Å². The van der Waals surface area contributed by atoms with Crippen LogP contribution < -0.4 is 21.1 Å². The Morgan fingerprint density at radius 1 is 1.11 bits per heavy atom. The average Bonchev–Trinajstić information content (AvgIpc) is 2.69. The molecule has 0 saturated carbocycles. The lowest BCUT2D eigenvalue weighted by atomic mass is 10.0. The van der Waals surface area contributed by atoms with Crippen LogP contribution in [0.5, 0.6) is 5.75 Å². The van der Waals surface area contributed by atoms with Gasteiger partial charge in [-0.15, -0.1) is 0 Å². The molecular weight excluding hydrogens is 373 g/mol. The first kappa shape index (κ1) is 20.2. The summed E-state index contributed by atoms with van der Waals surface area (Å²) < 4.78 is 43.7. The normalized spacial score (nSPS) is 16.8. The maximum absolute atomic E-state index is 12.8. The zero-order chi connectivity index (χ0) is 20.3. The summed E-state index contributed by atoms with van der Waals surface area (Å²) in [5.41, 5.74) is 11.9. The number of nitrogen functional groups attached to an aromatic ring is 1. The fourth-order valence-electron chi connectivity index (χ4n) is 3.43. The summed E-state index contributed by atoms with van der Waals surface area (Å²) in [6.45, 7) is 2.98. The molecule has 4 N–H and O–H groups in total. The lowest BCUT2D eigenvalue weighted by Gasteiger charge is -2.39. The van der Waals surface area contributed by atoms with Gasteiger partial charge in [0.15, 0.2) is 11.6 Å². The van der Waals surface area contributed by atoms with Gasteiger partial charge in [-0.05, 0) is 17.7 Å². The van der Waals surface area contributed by atoms with Crippen molar-refractivity contribution in [3.05, 3.63) is 41.7 Å². The van der Waals surface area contributed by atoms with Crippen LogP contribution in [-0.4, -0.2) is 54.7 Å². The Morgan fingerprint density at radius 3 is 2.29 bits per heavy atom. The predicted octanol–water partition coefficient (Wildman–Crippen LogP) is 1.91. The van der Waals surface area contributed by atoms with Gasteiger partial charge in [-0.25, -0.2) is 9.97 Å². The highest BCUT2D eigenvalue weighted by Gasteiger charge is 2.31. The van der Waals surface area contributed by atoms with Crippen molar-refractivity contribution in [2.24, 2.45) is 5.73 Å². The number of ether oxygens (including phenoxy) is 1. The number of nitrogens with zero attached hydrogens (tertiary/aromatic N) is 4. The second kappa shape index (κ2) is 8.19. The van der Waals surface area contributed by atoms with Crippen molar-refractivity contribution >= 4 is 11.6 Å². The first-order chi connectivity index (χ1) is 13.3. The summed E-state index contributed by atoms with van der Waals surface area (Å²) >= 11 is 0. The number of rotatable bonds is 5. The van der Waals surface area contributed by atoms with E-state index < -0.39 is 11.7 Å². The van der Waals surface area contributed by atoms with Crippen molar-refractivity contribution in [3.63, 3.8) is 0 Å². The van der Waals surface area contributed by atoms with Crippen LogP contribution in [0.1, 0.15) is 17.2 Å². The monoisotopic (exact) mass is 396 g/mol. The van der Waals surface area contributed by atoms with Gasteiger partial charge in [0.1, 0.15) is 6.33 Å². The quantitative estimate of drug-likeness (QED) is 0.797. The maximum Gasteiger partial charge on any atom is 0.416 e. The molecule has 1 saturated heterocycles. The highest BCUT2D eigenvalue weighted by molar-refractivity contribution is 5.62. The third-order valence-corrected chi connectivity index (χ3v) is 4.92. The van der Waals surface area contributed by atoms with Crippen molar-refractivity contribution in [1.82, 2.24) is 14.9 Å². The van der Waals surface area contributed by atoms with E-state index in [2.05, 4.69) is 14.9 Å². The number of hydrogen-bond donors (Lipinski definition) is 2. The summed E-state index contributed by atoms with van der Waals surface area (Å²) in [7, 11) is 1.52. The van der Waals surface area contributed by atoms with E-state index in [9.17, 15) is 13.2 Å². The number of alkyl halides is 3. The molecule has 10 heteroatoms. The number of hydrogen-bond acceptors (Lipinski definition) is 7. The first-order valence-corrected chi connectivity index (χ1v) is 8.85. The molecular formula is C18H23F3N6O. The molecule has 0 bridgehead atoms. The molecule has 2 aromatic rings. The summed E-state index contributed by atoms with van der Waals surface area (Å²) in [5, 5.41) is 0.